The molecular weight excluding hydrogens is 662 g/mol. The van der Waals surface area contributed by atoms with Gasteiger partial charge in [0, 0.05) is 45.8 Å². The van der Waals surface area contributed by atoms with Crippen molar-refractivity contribution in [3.63, 3.8) is 0 Å². The van der Waals surface area contributed by atoms with Crippen LogP contribution in [0.2, 0.25) is 0 Å². The number of terminal acetylenes is 1. The second-order valence-electron chi connectivity index (χ2n) is 11.0. The predicted molar refractivity (Wildman–Crippen MR) is 189 cm³/mol. The predicted octanol–water partition coefficient (Wildman–Crippen LogP) is 2.84. The number of nitrogen functional groups attached to an aromatic ring is 1. The Hall–Kier alpha value is -5.27. The number of imidazole rings is 1. The number of hydrogen-bond donors (Lipinski definition) is 2. The van der Waals surface area contributed by atoms with Crippen molar-refractivity contribution in [2.75, 3.05) is 57.8 Å². The first-order valence-electron chi connectivity index (χ1n) is 16.5. The highest BCUT2D eigenvalue weighted by molar-refractivity contribution is 6.04. The summed E-state index contributed by atoms with van der Waals surface area (Å²) in [5.74, 6) is 0.776. The van der Waals surface area contributed by atoms with Gasteiger partial charge in [-0.05, 0) is 52.3 Å². The molecule has 0 fully saturated rings. The normalized spacial score (nSPS) is 12.1. The van der Waals surface area contributed by atoms with Crippen LogP contribution in [0.15, 0.2) is 30.6 Å². The standard InChI is InChI=1S/C32H43N7O7.C3H6O2/c1-8-23(18-38-20-35-26-27(33)36-21(6)37-28(26)38)25(43-7)19-46-32(29(40)44-11-4,30(41)45-12-5)17-22-13-15-24(16-14-22)39(10-3)31(42)34-9-2;1-3(4)5-2/h1,13-16,20,23,25H,9-12,17-19H2,2-7H3,(H,34,42)(H2,33,36,37);1-2H3. The Morgan fingerprint density at radius 3 is 2.14 bits per heavy atom. The lowest BCUT2D eigenvalue weighted by atomic mass is 9.93. The quantitative estimate of drug-likeness (QED) is 0.0953. The second-order valence-corrected chi connectivity index (χ2v) is 11.0. The van der Waals surface area contributed by atoms with Gasteiger partial charge in [-0.3, -0.25) is 9.69 Å². The number of hydrogen-bond acceptors (Lipinski definition) is 13. The number of aryl methyl sites for hydroxylation is 1. The van der Waals surface area contributed by atoms with Gasteiger partial charge >= 0.3 is 23.9 Å². The largest absolute Gasteiger partial charge is 0.469 e. The van der Waals surface area contributed by atoms with Crippen molar-refractivity contribution in [3.8, 4) is 12.3 Å². The zero-order valence-electron chi connectivity index (χ0n) is 30.6. The number of urea groups is 1. The molecule has 0 saturated heterocycles. The molecule has 3 N–H and O–H groups in total. The Kier molecular flexibility index (Phi) is 16.8. The molecule has 3 aromatic rings. The number of methoxy groups -OCH3 is 2. The van der Waals surface area contributed by atoms with Crippen LogP contribution in [0.3, 0.4) is 0 Å². The Balaban J connectivity index is 0.00000168. The molecule has 3 rings (SSSR count). The van der Waals surface area contributed by atoms with Crippen LogP contribution in [0.4, 0.5) is 16.3 Å². The average Bonchev–Trinajstić information content (AvgIpc) is 3.51. The smallest absolute Gasteiger partial charge is 0.350 e. The summed E-state index contributed by atoms with van der Waals surface area (Å²) in [6.07, 6.45) is 6.52. The maximum absolute atomic E-state index is 13.5. The first kappa shape index (κ1) is 41.9. The van der Waals surface area contributed by atoms with Crippen molar-refractivity contribution in [1.82, 2.24) is 24.8 Å². The van der Waals surface area contributed by atoms with E-state index in [1.165, 1.54) is 21.1 Å². The third-order valence-electron chi connectivity index (χ3n) is 7.54. The maximum atomic E-state index is 13.5. The Morgan fingerprint density at radius 2 is 1.65 bits per heavy atom. The number of nitrogens with one attached hydrogen (secondary N) is 1. The van der Waals surface area contributed by atoms with E-state index >= 15 is 0 Å². The number of aromatic nitrogens is 4. The zero-order chi connectivity index (χ0) is 38.1. The van der Waals surface area contributed by atoms with E-state index in [2.05, 4.69) is 30.9 Å². The van der Waals surface area contributed by atoms with Gasteiger partial charge in [0.2, 0.25) is 0 Å². The van der Waals surface area contributed by atoms with Gasteiger partial charge in [0.25, 0.3) is 5.60 Å². The van der Waals surface area contributed by atoms with Crippen LogP contribution < -0.4 is 16.0 Å². The van der Waals surface area contributed by atoms with Crippen molar-refractivity contribution in [2.45, 2.75) is 66.2 Å². The molecule has 0 aliphatic heterocycles. The van der Waals surface area contributed by atoms with Gasteiger partial charge in [0.15, 0.2) is 11.5 Å². The fourth-order valence-corrected chi connectivity index (χ4v) is 4.94. The van der Waals surface area contributed by atoms with Crippen molar-refractivity contribution in [1.29, 1.82) is 0 Å². The van der Waals surface area contributed by atoms with Crippen LogP contribution in [0.25, 0.3) is 11.2 Å². The van der Waals surface area contributed by atoms with Crippen LogP contribution in [0, 0.1) is 25.2 Å². The molecule has 278 valence electrons. The number of ether oxygens (including phenoxy) is 5. The van der Waals surface area contributed by atoms with Gasteiger partial charge in [0.1, 0.15) is 11.3 Å². The third-order valence-corrected chi connectivity index (χ3v) is 7.54. The molecule has 0 aliphatic rings. The summed E-state index contributed by atoms with van der Waals surface area (Å²) < 4.78 is 28.5. The minimum Gasteiger partial charge on any atom is -0.469 e. The molecule has 0 saturated carbocycles. The van der Waals surface area contributed by atoms with Crippen molar-refractivity contribution in [3.05, 3.63) is 42.0 Å². The molecular formula is C35H49N7O9. The van der Waals surface area contributed by atoms with E-state index in [1.807, 2.05) is 13.8 Å². The molecule has 0 bridgehead atoms. The molecule has 0 radical (unpaired) electrons. The van der Waals surface area contributed by atoms with Crippen LogP contribution in [-0.4, -0.2) is 102 Å². The average molecular weight is 712 g/mol. The number of rotatable bonds is 16. The number of amides is 2. The first-order valence-corrected chi connectivity index (χ1v) is 16.5. The molecule has 2 unspecified atom stereocenters. The molecule has 2 amide bonds. The van der Waals surface area contributed by atoms with E-state index in [0.29, 0.717) is 41.3 Å². The van der Waals surface area contributed by atoms with E-state index in [-0.39, 0.29) is 50.6 Å². The summed E-state index contributed by atoms with van der Waals surface area (Å²) in [7, 11) is 2.81. The minimum absolute atomic E-state index is 0.000911. The van der Waals surface area contributed by atoms with E-state index in [0.717, 1.165) is 0 Å². The monoisotopic (exact) mass is 711 g/mol. The van der Waals surface area contributed by atoms with Crippen LogP contribution in [0.5, 0.6) is 0 Å². The molecule has 1 aromatic carbocycles. The topological polar surface area (TPSA) is 199 Å². The maximum Gasteiger partial charge on any atom is 0.350 e. The van der Waals surface area contributed by atoms with Crippen LogP contribution >= 0.6 is 0 Å². The fourth-order valence-electron chi connectivity index (χ4n) is 4.94. The first-order chi connectivity index (χ1) is 24.3. The second kappa shape index (κ2) is 20.4. The summed E-state index contributed by atoms with van der Waals surface area (Å²) in [5.41, 5.74) is 6.00. The summed E-state index contributed by atoms with van der Waals surface area (Å²) >= 11 is 0. The Morgan fingerprint density at radius 1 is 1.04 bits per heavy atom. The molecule has 16 heteroatoms. The number of nitrogens with two attached hydrogens (primary N) is 1. The molecule has 16 nitrogen and oxygen atoms in total. The van der Waals surface area contributed by atoms with Gasteiger partial charge < -0.3 is 39.3 Å². The molecule has 2 atom stereocenters. The number of esters is 3. The van der Waals surface area contributed by atoms with Crippen LogP contribution in [0.1, 0.15) is 46.0 Å². The minimum atomic E-state index is -2.17. The lowest BCUT2D eigenvalue weighted by molar-refractivity contribution is -0.195. The van der Waals surface area contributed by atoms with Gasteiger partial charge in [0.05, 0.1) is 45.3 Å². The highest BCUT2D eigenvalue weighted by atomic mass is 16.6. The van der Waals surface area contributed by atoms with Crippen molar-refractivity contribution in [2.24, 2.45) is 5.92 Å². The molecule has 51 heavy (non-hydrogen) atoms. The number of benzene rings is 1. The SMILES string of the molecule is C#CC(Cn1cnc2c(N)nc(C)nc21)C(COC(Cc1ccc(N(CC)C(=O)NCC)cc1)(C(=O)OCC)C(=O)OCC)OC.COC(C)=O. The number of carbonyl (C=O) groups is 4. The van der Waals surface area contributed by atoms with E-state index in [9.17, 15) is 19.2 Å². The lowest BCUT2D eigenvalue weighted by Crippen LogP contribution is -2.54. The van der Waals surface area contributed by atoms with Gasteiger partial charge in [-0.15, -0.1) is 6.42 Å². The number of carbonyl (C=O) groups excluding carboxylic acids is 4. The summed E-state index contributed by atoms with van der Waals surface area (Å²) in [6, 6.07) is 6.65. The third kappa shape index (κ3) is 11.1. The number of fused-ring (bicyclic) bond motifs is 1. The van der Waals surface area contributed by atoms with E-state index in [1.54, 1.807) is 60.8 Å². The van der Waals surface area contributed by atoms with Crippen molar-refractivity contribution < 1.29 is 42.9 Å². The summed E-state index contributed by atoms with van der Waals surface area (Å²) in [4.78, 5) is 63.7. The molecule has 0 spiro atoms. The number of anilines is 2. The van der Waals surface area contributed by atoms with E-state index < -0.39 is 29.6 Å². The Labute approximate surface area is 298 Å². The summed E-state index contributed by atoms with van der Waals surface area (Å²) in [5, 5.41) is 2.78. The van der Waals surface area contributed by atoms with Gasteiger partial charge in [-0.2, -0.15) is 0 Å². The van der Waals surface area contributed by atoms with Crippen molar-refractivity contribution >= 4 is 46.6 Å². The van der Waals surface area contributed by atoms with Crippen LogP contribution in [-0.2, 0) is 51.0 Å². The molecule has 2 heterocycles. The highest BCUT2D eigenvalue weighted by Gasteiger charge is 2.51. The summed E-state index contributed by atoms with van der Waals surface area (Å²) in [6.45, 7) is 10.9. The Bertz CT molecular complexity index is 1640. The zero-order valence-corrected chi connectivity index (χ0v) is 30.6. The van der Waals surface area contributed by atoms with Gasteiger partial charge in [-0.25, -0.2) is 29.3 Å². The lowest BCUT2D eigenvalue weighted by Gasteiger charge is -2.32. The van der Waals surface area contributed by atoms with Gasteiger partial charge in [-0.1, -0.05) is 18.1 Å². The highest BCUT2D eigenvalue weighted by Crippen LogP contribution is 2.27. The van der Waals surface area contributed by atoms with E-state index in [4.69, 9.17) is 31.1 Å². The fraction of sp³-hybridized carbons (Fsp3) is 0.514. The number of nitrogens with zero attached hydrogens (tertiary/aromatic N) is 5. The molecule has 0 aliphatic carbocycles. The molecule has 2 aromatic heterocycles.